The zero-order valence-electron chi connectivity index (χ0n) is 5.85. The monoisotopic (exact) mass is 134 g/mol. The summed E-state index contributed by atoms with van der Waals surface area (Å²) in [5.41, 5.74) is 1.44. The van der Waals surface area contributed by atoms with Crippen molar-refractivity contribution >= 4 is 6.09 Å². The van der Waals surface area contributed by atoms with Gasteiger partial charge in [-0.05, 0) is 0 Å². The highest BCUT2D eigenvalue weighted by Crippen LogP contribution is 1.76. The van der Waals surface area contributed by atoms with Gasteiger partial charge in [-0.1, -0.05) is 26.7 Å². The minimum atomic E-state index is -1.22. The second-order valence-corrected chi connectivity index (χ2v) is 1.45. The molecule has 4 heteroatoms. The van der Waals surface area contributed by atoms with E-state index in [2.05, 4.69) is 19.7 Å². The third-order valence-electron chi connectivity index (χ3n) is 0.623. The zero-order valence-corrected chi connectivity index (χ0v) is 5.85. The van der Waals surface area contributed by atoms with Crippen molar-refractivity contribution in [1.29, 1.82) is 0 Å². The van der Waals surface area contributed by atoms with E-state index in [0.29, 0.717) is 0 Å². The van der Waals surface area contributed by atoms with E-state index in [1.165, 1.54) is 18.3 Å². The Morgan fingerprint density at radius 3 is 1.78 bits per heavy atom. The molecule has 0 heterocycles. The van der Waals surface area contributed by atoms with Gasteiger partial charge in [-0.25, -0.2) is 10.6 Å². The second-order valence-electron chi connectivity index (χ2n) is 1.45. The first-order valence-electron chi connectivity index (χ1n) is 2.88. The average Bonchev–Trinajstić information content (AvgIpc) is 1.89. The Morgan fingerprint density at radius 2 is 1.78 bits per heavy atom. The van der Waals surface area contributed by atoms with Crippen molar-refractivity contribution in [1.82, 2.24) is 5.43 Å². The standard InChI is InChI=1S/C4H10.CH4N2O2/c1-3-4-2;2-3-1(4)5/h3-4H2,1-2H3;3H,2H2,(H,4,5). The summed E-state index contributed by atoms with van der Waals surface area (Å²) < 4.78 is 0. The molecule has 0 aliphatic carbocycles. The topological polar surface area (TPSA) is 75.3 Å². The first-order chi connectivity index (χ1) is 4.18. The highest BCUT2D eigenvalue weighted by molar-refractivity contribution is 5.63. The molecule has 0 aromatic rings. The molecule has 0 fully saturated rings. The van der Waals surface area contributed by atoms with Crippen molar-refractivity contribution in [2.75, 3.05) is 0 Å². The number of carbonyl (C=O) groups is 1. The van der Waals surface area contributed by atoms with Crippen molar-refractivity contribution < 1.29 is 9.90 Å². The molecule has 4 N–H and O–H groups in total. The lowest BCUT2D eigenvalue weighted by Gasteiger charge is -1.79. The Kier molecular flexibility index (Phi) is 12.6. The van der Waals surface area contributed by atoms with Crippen molar-refractivity contribution in [2.45, 2.75) is 26.7 Å². The summed E-state index contributed by atoms with van der Waals surface area (Å²) in [4.78, 5) is 9.13. The van der Waals surface area contributed by atoms with Crippen molar-refractivity contribution in [3.05, 3.63) is 0 Å². The minimum absolute atomic E-state index is 1.22. The van der Waals surface area contributed by atoms with Crippen LogP contribution in [0.15, 0.2) is 0 Å². The van der Waals surface area contributed by atoms with Crippen molar-refractivity contribution in [3.63, 3.8) is 0 Å². The van der Waals surface area contributed by atoms with E-state index in [0.717, 1.165) is 0 Å². The minimum Gasteiger partial charge on any atom is -0.464 e. The van der Waals surface area contributed by atoms with Gasteiger partial charge in [0.1, 0.15) is 0 Å². The molecule has 0 saturated heterocycles. The maximum absolute atomic E-state index is 9.13. The van der Waals surface area contributed by atoms with Crippen LogP contribution in [-0.4, -0.2) is 11.2 Å². The molecule has 0 aromatic heterocycles. The van der Waals surface area contributed by atoms with Crippen LogP contribution >= 0.6 is 0 Å². The van der Waals surface area contributed by atoms with Crippen LogP contribution in [0, 0.1) is 0 Å². The van der Waals surface area contributed by atoms with Crippen LogP contribution in [0.3, 0.4) is 0 Å². The highest BCUT2D eigenvalue weighted by atomic mass is 16.4. The molecular formula is C5H14N2O2. The van der Waals surface area contributed by atoms with Crippen LogP contribution in [0.25, 0.3) is 0 Å². The SMILES string of the molecule is CCCC.NNC(=O)O. The Hall–Kier alpha value is -0.770. The van der Waals surface area contributed by atoms with E-state index >= 15 is 0 Å². The third kappa shape index (κ3) is 39.8. The molecule has 56 valence electrons. The number of hydrogen-bond acceptors (Lipinski definition) is 2. The summed E-state index contributed by atoms with van der Waals surface area (Å²) >= 11 is 0. The lowest BCUT2D eigenvalue weighted by atomic mass is 10.4. The maximum atomic E-state index is 9.13. The van der Waals surface area contributed by atoms with Gasteiger partial charge in [-0.15, -0.1) is 0 Å². The first-order valence-corrected chi connectivity index (χ1v) is 2.88. The summed E-state index contributed by atoms with van der Waals surface area (Å²) in [5, 5.41) is 7.49. The van der Waals surface area contributed by atoms with Gasteiger partial charge in [0, 0.05) is 0 Å². The number of hydrogen-bond donors (Lipinski definition) is 3. The number of nitrogens with two attached hydrogens (primary N) is 1. The van der Waals surface area contributed by atoms with E-state index in [1.807, 2.05) is 0 Å². The van der Waals surface area contributed by atoms with Gasteiger partial charge in [-0.3, -0.25) is 5.43 Å². The molecule has 0 rings (SSSR count). The van der Waals surface area contributed by atoms with Crippen LogP contribution < -0.4 is 11.3 Å². The van der Waals surface area contributed by atoms with E-state index in [4.69, 9.17) is 9.90 Å². The first kappa shape index (κ1) is 11.1. The lowest BCUT2D eigenvalue weighted by Crippen LogP contribution is -2.27. The molecule has 0 spiro atoms. The second kappa shape index (κ2) is 10.3. The molecule has 4 nitrogen and oxygen atoms in total. The summed E-state index contributed by atoms with van der Waals surface area (Å²) in [5.74, 6) is 4.32. The molecule has 0 saturated carbocycles. The fourth-order valence-corrected chi connectivity index (χ4v) is 0. The average molecular weight is 134 g/mol. The number of nitrogens with one attached hydrogen (secondary N) is 1. The number of hydrazine groups is 1. The van der Waals surface area contributed by atoms with Gasteiger partial charge in [0.15, 0.2) is 0 Å². The quantitative estimate of drug-likeness (QED) is 0.284. The Bertz CT molecular complexity index is 64.0. The molecule has 0 atom stereocenters. The molecule has 9 heavy (non-hydrogen) atoms. The normalized spacial score (nSPS) is 7.00. The molecule has 0 radical (unpaired) electrons. The van der Waals surface area contributed by atoms with Gasteiger partial charge in [0.05, 0.1) is 0 Å². The largest absolute Gasteiger partial charge is 0.464 e. The van der Waals surface area contributed by atoms with Crippen LogP contribution in [0.2, 0.25) is 0 Å². The van der Waals surface area contributed by atoms with Gasteiger partial charge in [0.2, 0.25) is 0 Å². The van der Waals surface area contributed by atoms with Crippen LogP contribution in [0.4, 0.5) is 4.79 Å². The molecular weight excluding hydrogens is 120 g/mol. The fourth-order valence-electron chi connectivity index (χ4n) is 0. The van der Waals surface area contributed by atoms with Gasteiger partial charge in [0.25, 0.3) is 0 Å². The smallest absolute Gasteiger partial charge is 0.418 e. The molecule has 1 amide bonds. The summed E-state index contributed by atoms with van der Waals surface area (Å²) in [7, 11) is 0. The Balaban J connectivity index is 0. The van der Waals surface area contributed by atoms with Crippen molar-refractivity contribution in [2.24, 2.45) is 5.84 Å². The molecule has 0 aromatic carbocycles. The van der Waals surface area contributed by atoms with Gasteiger partial charge >= 0.3 is 6.09 Å². The van der Waals surface area contributed by atoms with E-state index in [9.17, 15) is 0 Å². The Morgan fingerprint density at radius 1 is 1.56 bits per heavy atom. The number of rotatable bonds is 1. The molecule has 0 aliphatic rings. The molecule has 0 unspecified atom stereocenters. The van der Waals surface area contributed by atoms with Gasteiger partial charge in [-0.2, -0.15) is 0 Å². The van der Waals surface area contributed by atoms with Crippen LogP contribution in [-0.2, 0) is 0 Å². The Labute approximate surface area is 55.0 Å². The number of carboxylic acid groups (broad SMARTS) is 1. The number of amides is 1. The van der Waals surface area contributed by atoms with E-state index < -0.39 is 6.09 Å². The fraction of sp³-hybridized carbons (Fsp3) is 0.800. The van der Waals surface area contributed by atoms with Gasteiger partial charge < -0.3 is 5.11 Å². The highest BCUT2D eigenvalue weighted by Gasteiger charge is 1.77. The van der Waals surface area contributed by atoms with E-state index in [1.54, 1.807) is 0 Å². The predicted molar refractivity (Wildman–Crippen MR) is 35.9 cm³/mol. The van der Waals surface area contributed by atoms with Crippen LogP contribution in [0.5, 0.6) is 0 Å². The van der Waals surface area contributed by atoms with E-state index in [-0.39, 0.29) is 0 Å². The summed E-state index contributed by atoms with van der Waals surface area (Å²) in [6.45, 7) is 4.36. The maximum Gasteiger partial charge on any atom is 0.418 e. The van der Waals surface area contributed by atoms with Crippen LogP contribution in [0.1, 0.15) is 26.7 Å². The molecule has 0 bridgehead atoms. The summed E-state index contributed by atoms with van der Waals surface area (Å²) in [6.07, 6.45) is 1.42. The molecule has 0 aliphatic heterocycles. The summed E-state index contributed by atoms with van der Waals surface area (Å²) in [6, 6.07) is 0. The third-order valence-corrected chi connectivity index (χ3v) is 0.623. The van der Waals surface area contributed by atoms with Crippen molar-refractivity contribution in [3.8, 4) is 0 Å². The zero-order chi connectivity index (χ0) is 7.70. The lowest BCUT2D eigenvalue weighted by molar-refractivity contribution is 0.194. The number of unbranched alkanes of at least 4 members (excludes halogenated alkanes) is 1. The predicted octanol–water partition coefficient (Wildman–Crippen LogP) is 0.934.